The van der Waals surface area contributed by atoms with Gasteiger partial charge in [-0.05, 0) is 24.6 Å². The average Bonchev–Trinajstić information content (AvgIpc) is 2.56. The fourth-order valence-electron chi connectivity index (χ4n) is 2.41. The van der Waals surface area contributed by atoms with E-state index in [1.807, 2.05) is 16.7 Å². The molecule has 0 spiro atoms. The number of benzene rings is 1. The van der Waals surface area contributed by atoms with Crippen molar-refractivity contribution in [3.05, 3.63) is 39.9 Å². The molecule has 2 atom stereocenters. The van der Waals surface area contributed by atoms with E-state index in [2.05, 4.69) is 0 Å². The summed E-state index contributed by atoms with van der Waals surface area (Å²) < 4.78 is 0.810. The van der Waals surface area contributed by atoms with Gasteiger partial charge < -0.3 is 15.1 Å². The van der Waals surface area contributed by atoms with Crippen molar-refractivity contribution in [1.29, 1.82) is 0 Å². The molecule has 0 aliphatic carbocycles. The maximum atomic E-state index is 10.7. The van der Waals surface area contributed by atoms with E-state index >= 15 is 0 Å². The van der Waals surface area contributed by atoms with E-state index in [0.717, 1.165) is 10.9 Å². The highest BCUT2D eigenvalue weighted by Gasteiger charge is 2.31. The van der Waals surface area contributed by atoms with Crippen LogP contribution in [0, 0.1) is 10.1 Å². The molecule has 23 heavy (non-hydrogen) atoms. The third kappa shape index (κ3) is 4.18. The van der Waals surface area contributed by atoms with Crippen molar-refractivity contribution in [3.8, 4) is 0 Å². The van der Waals surface area contributed by atoms with Crippen LogP contribution in [0.3, 0.4) is 0 Å². The molecule has 1 aliphatic rings. The number of hydrogen-bond donors (Lipinski definition) is 2. The lowest BCUT2D eigenvalue weighted by Crippen LogP contribution is -2.52. The molecule has 0 bridgehead atoms. The summed E-state index contributed by atoms with van der Waals surface area (Å²) in [4.78, 5) is 14.2. The molecule has 0 amide bonds. The molecule has 0 unspecified atom stereocenters. The van der Waals surface area contributed by atoms with Gasteiger partial charge in [-0.25, -0.2) is 0 Å². The van der Waals surface area contributed by atoms with Crippen molar-refractivity contribution >= 4 is 34.0 Å². The molecule has 1 aromatic rings. The number of nitrogens with zero attached hydrogens (tertiary/aromatic N) is 3. The molecule has 1 heterocycles. The number of thioether (sulfide) groups is 1. The lowest BCUT2D eigenvalue weighted by molar-refractivity contribution is -0.384. The number of nitro groups is 1. The van der Waals surface area contributed by atoms with Crippen molar-refractivity contribution in [2.75, 3.05) is 25.7 Å². The number of hydrogen-bond acceptors (Lipinski definition) is 7. The molecular formula is C14H19N3O4S2. The molecular weight excluding hydrogens is 338 g/mol. The van der Waals surface area contributed by atoms with E-state index in [0.29, 0.717) is 18.1 Å². The minimum Gasteiger partial charge on any atom is -0.395 e. The number of aliphatic hydroxyl groups is 2. The Morgan fingerprint density at radius 1 is 1.43 bits per heavy atom. The van der Waals surface area contributed by atoms with Crippen molar-refractivity contribution < 1.29 is 15.1 Å². The Bertz CT molecular complexity index is 570. The van der Waals surface area contributed by atoms with Crippen LogP contribution in [0.15, 0.2) is 24.3 Å². The summed E-state index contributed by atoms with van der Waals surface area (Å²) in [5.74, 6) is 0.588. The largest absolute Gasteiger partial charge is 0.395 e. The second-order valence-electron chi connectivity index (χ2n) is 5.17. The minimum absolute atomic E-state index is 0.0301. The van der Waals surface area contributed by atoms with Crippen LogP contribution in [-0.2, 0) is 0 Å². The van der Waals surface area contributed by atoms with Crippen molar-refractivity contribution in [2.24, 2.45) is 0 Å². The topological polar surface area (TPSA) is 90.1 Å². The Morgan fingerprint density at radius 2 is 2.09 bits per heavy atom. The third-order valence-electron chi connectivity index (χ3n) is 3.81. The summed E-state index contributed by atoms with van der Waals surface area (Å²) in [6.07, 6.45) is -0.938. The number of non-ortho nitro benzene ring substituents is 1. The SMILES string of the molecule is CCN1CN([C@H](CO)[C@H](O)c2ccc([N+](=O)[O-])cc2)CSC1=S. The molecule has 1 saturated heterocycles. The van der Waals surface area contributed by atoms with Gasteiger partial charge in [-0.2, -0.15) is 0 Å². The van der Waals surface area contributed by atoms with Crippen LogP contribution in [-0.4, -0.2) is 61.0 Å². The molecule has 7 nitrogen and oxygen atoms in total. The Labute approximate surface area is 144 Å². The highest BCUT2D eigenvalue weighted by atomic mass is 32.2. The van der Waals surface area contributed by atoms with Crippen molar-refractivity contribution in [1.82, 2.24) is 9.80 Å². The maximum Gasteiger partial charge on any atom is 0.269 e. The van der Waals surface area contributed by atoms with Gasteiger partial charge in [0.05, 0.1) is 36.2 Å². The third-order valence-corrected chi connectivity index (χ3v) is 5.39. The molecule has 0 aromatic heterocycles. The zero-order valence-electron chi connectivity index (χ0n) is 12.7. The molecule has 9 heteroatoms. The normalized spacial score (nSPS) is 18.7. The summed E-state index contributed by atoms with van der Waals surface area (Å²) >= 11 is 6.77. The first-order chi connectivity index (χ1) is 11.0. The Hall–Kier alpha value is -1.26. The lowest BCUT2D eigenvalue weighted by atomic mass is 10.0. The van der Waals surface area contributed by atoms with Gasteiger partial charge in [-0.3, -0.25) is 15.0 Å². The molecule has 1 aliphatic heterocycles. The first-order valence-corrected chi connectivity index (χ1v) is 8.56. The first kappa shape index (κ1) is 18.1. The Kier molecular flexibility index (Phi) is 6.31. The molecule has 0 radical (unpaired) electrons. The van der Waals surface area contributed by atoms with E-state index in [9.17, 15) is 20.3 Å². The van der Waals surface area contributed by atoms with Gasteiger partial charge in [0.25, 0.3) is 5.69 Å². The van der Waals surface area contributed by atoms with E-state index in [1.165, 1.54) is 36.0 Å². The van der Waals surface area contributed by atoms with Gasteiger partial charge in [-0.15, -0.1) is 0 Å². The summed E-state index contributed by atoms with van der Waals surface area (Å²) in [6.45, 7) is 3.08. The predicted octanol–water partition coefficient (Wildman–Crippen LogP) is 1.56. The van der Waals surface area contributed by atoms with Gasteiger partial charge in [0.15, 0.2) is 0 Å². The van der Waals surface area contributed by atoms with Crippen LogP contribution in [0.2, 0.25) is 0 Å². The lowest BCUT2D eigenvalue weighted by Gasteiger charge is -2.41. The predicted molar refractivity (Wildman–Crippen MR) is 93.1 cm³/mol. The molecule has 2 N–H and O–H groups in total. The second kappa shape index (κ2) is 8.02. The second-order valence-corrected chi connectivity index (χ2v) is 6.75. The van der Waals surface area contributed by atoms with E-state index in [-0.39, 0.29) is 12.3 Å². The highest BCUT2D eigenvalue weighted by molar-refractivity contribution is 8.22. The van der Waals surface area contributed by atoms with Crippen LogP contribution in [0.25, 0.3) is 0 Å². The van der Waals surface area contributed by atoms with Crippen LogP contribution in [0.4, 0.5) is 5.69 Å². The molecule has 0 saturated carbocycles. The molecule has 126 valence electrons. The first-order valence-electron chi connectivity index (χ1n) is 7.17. The van der Waals surface area contributed by atoms with Crippen molar-refractivity contribution in [3.63, 3.8) is 0 Å². The average molecular weight is 357 g/mol. The van der Waals surface area contributed by atoms with Gasteiger partial charge >= 0.3 is 0 Å². The fourth-order valence-corrected chi connectivity index (χ4v) is 3.67. The molecule has 2 rings (SSSR count). The highest BCUT2D eigenvalue weighted by Crippen LogP contribution is 2.27. The van der Waals surface area contributed by atoms with Gasteiger partial charge in [0, 0.05) is 18.7 Å². The summed E-state index contributed by atoms with van der Waals surface area (Å²) in [5.41, 5.74) is 0.508. The van der Waals surface area contributed by atoms with Crippen LogP contribution >= 0.6 is 24.0 Å². The van der Waals surface area contributed by atoms with Gasteiger partial charge in [0.2, 0.25) is 0 Å². The molecule has 1 fully saturated rings. The Balaban J connectivity index is 2.13. The molecule has 1 aromatic carbocycles. The standard InChI is InChI=1S/C14H19N3O4S2/c1-2-15-8-16(9-23-14(15)22)12(7-18)13(19)10-3-5-11(6-4-10)17(20)21/h3-6,12-13,18-19H,2,7-9H2,1H3/t12-,13-/m1/s1. The van der Waals surface area contributed by atoms with E-state index in [4.69, 9.17) is 12.2 Å². The smallest absolute Gasteiger partial charge is 0.269 e. The van der Waals surface area contributed by atoms with Crippen molar-refractivity contribution in [2.45, 2.75) is 19.1 Å². The number of aliphatic hydroxyl groups excluding tert-OH is 2. The number of thiocarbonyl (C=S) groups is 1. The van der Waals surface area contributed by atoms with Crippen LogP contribution in [0.1, 0.15) is 18.6 Å². The Morgan fingerprint density at radius 3 is 2.61 bits per heavy atom. The van der Waals surface area contributed by atoms with Crippen LogP contribution in [0.5, 0.6) is 0 Å². The minimum atomic E-state index is -0.938. The van der Waals surface area contributed by atoms with Gasteiger partial charge in [-0.1, -0.05) is 24.0 Å². The zero-order chi connectivity index (χ0) is 17.0. The monoisotopic (exact) mass is 357 g/mol. The maximum absolute atomic E-state index is 10.7. The van der Waals surface area contributed by atoms with E-state index in [1.54, 1.807) is 0 Å². The van der Waals surface area contributed by atoms with E-state index < -0.39 is 17.1 Å². The summed E-state index contributed by atoms with van der Waals surface area (Å²) in [6, 6.07) is 5.24. The fraction of sp³-hybridized carbons (Fsp3) is 0.500. The van der Waals surface area contributed by atoms with Crippen LogP contribution < -0.4 is 0 Å². The zero-order valence-corrected chi connectivity index (χ0v) is 14.3. The van der Waals surface area contributed by atoms with Gasteiger partial charge in [0.1, 0.15) is 4.32 Å². The quantitative estimate of drug-likeness (QED) is 0.450. The number of rotatable bonds is 6. The summed E-state index contributed by atoms with van der Waals surface area (Å²) in [5, 5.41) is 31.0. The summed E-state index contributed by atoms with van der Waals surface area (Å²) in [7, 11) is 0. The number of nitro benzene ring substituents is 1.